The van der Waals surface area contributed by atoms with Crippen molar-refractivity contribution < 1.29 is 18.3 Å². The van der Waals surface area contributed by atoms with Crippen LogP contribution >= 0.6 is 0 Å². The number of hydrogen-bond donors (Lipinski definition) is 2. The monoisotopic (exact) mass is 295 g/mol. The highest BCUT2D eigenvalue weighted by Gasteiger charge is 2.12. The van der Waals surface area contributed by atoms with Crippen molar-refractivity contribution in [2.75, 3.05) is 6.54 Å². The van der Waals surface area contributed by atoms with Crippen LogP contribution in [0.3, 0.4) is 0 Å². The predicted molar refractivity (Wildman–Crippen MR) is 70.8 cm³/mol. The molecule has 0 aliphatic rings. The molecule has 0 spiro atoms. The van der Waals surface area contributed by atoms with Crippen molar-refractivity contribution in [3.63, 3.8) is 0 Å². The quantitative estimate of drug-likeness (QED) is 0.811. The Balaban J connectivity index is 1.94. The number of rotatable bonds is 6. The van der Waals surface area contributed by atoms with Crippen molar-refractivity contribution >= 4 is 16.0 Å². The Morgan fingerprint density at radius 2 is 2.00 bits per heavy atom. The zero-order valence-corrected chi connectivity index (χ0v) is 11.2. The first-order valence-electron chi connectivity index (χ1n) is 5.79. The average Bonchev–Trinajstić information content (AvgIpc) is 2.89. The molecule has 0 saturated carbocycles. The molecule has 20 heavy (non-hydrogen) atoms. The first-order valence-corrected chi connectivity index (χ1v) is 7.27. The molecule has 1 aromatic carbocycles. The van der Waals surface area contributed by atoms with Gasteiger partial charge in [0.1, 0.15) is 0 Å². The fourth-order valence-electron chi connectivity index (χ4n) is 1.58. The van der Waals surface area contributed by atoms with E-state index in [0.717, 1.165) is 0 Å². The largest absolute Gasteiger partial charge is 0.476 e. The molecule has 0 radical (unpaired) electrons. The Morgan fingerprint density at radius 1 is 1.30 bits per heavy atom. The predicted octanol–water partition coefficient (Wildman–Crippen LogP) is 0.560. The summed E-state index contributed by atoms with van der Waals surface area (Å²) in [7, 11) is -3.54. The van der Waals surface area contributed by atoms with Gasteiger partial charge in [-0.15, -0.1) is 0 Å². The number of sulfonamides is 1. The first-order chi connectivity index (χ1) is 9.49. The SMILES string of the molecule is O=C(O)c1cn(CCNS(=O)(=O)c2ccccc2)cn1. The van der Waals surface area contributed by atoms with E-state index in [1.807, 2.05) is 0 Å². The van der Waals surface area contributed by atoms with E-state index in [1.54, 1.807) is 18.2 Å². The van der Waals surface area contributed by atoms with Crippen molar-refractivity contribution in [3.8, 4) is 0 Å². The van der Waals surface area contributed by atoms with E-state index in [1.165, 1.54) is 29.2 Å². The highest BCUT2D eigenvalue weighted by molar-refractivity contribution is 7.89. The van der Waals surface area contributed by atoms with Gasteiger partial charge in [0.05, 0.1) is 11.2 Å². The topological polar surface area (TPSA) is 101 Å². The smallest absolute Gasteiger partial charge is 0.356 e. The lowest BCUT2D eigenvalue weighted by Gasteiger charge is -2.06. The molecule has 0 fully saturated rings. The minimum absolute atomic E-state index is 0.0732. The summed E-state index contributed by atoms with van der Waals surface area (Å²) in [6.45, 7) is 0.443. The lowest BCUT2D eigenvalue weighted by atomic mass is 10.4. The number of imidazole rings is 1. The fourth-order valence-corrected chi connectivity index (χ4v) is 2.63. The Bertz CT molecular complexity index is 695. The number of aromatic carboxylic acids is 1. The summed E-state index contributed by atoms with van der Waals surface area (Å²) in [4.78, 5) is 14.5. The highest BCUT2D eigenvalue weighted by atomic mass is 32.2. The third-order valence-corrected chi connectivity index (χ3v) is 4.04. The van der Waals surface area contributed by atoms with Crippen LogP contribution in [0.1, 0.15) is 10.5 Å². The number of aromatic nitrogens is 2. The molecular formula is C12H13N3O4S. The van der Waals surface area contributed by atoms with E-state index < -0.39 is 16.0 Å². The Morgan fingerprint density at radius 3 is 2.60 bits per heavy atom. The number of benzene rings is 1. The molecule has 2 rings (SSSR count). The Kier molecular flexibility index (Phi) is 4.16. The molecule has 0 unspecified atom stereocenters. The summed E-state index contributed by atoms with van der Waals surface area (Å²) in [6, 6.07) is 8.02. The summed E-state index contributed by atoms with van der Waals surface area (Å²) in [5.41, 5.74) is -0.0732. The number of nitrogens with one attached hydrogen (secondary N) is 1. The molecule has 0 saturated heterocycles. The van der Waals surface area contributed by atoms with E-state index in [-0.39, 0.29) is 17.1 Å². The van der Waals surface area contributed by atoms with Gasteiger partial charge >= 0.3 is 5.97 Å². The molecule has 106 valence electrons. The van der Waals surface area contributed by atoms with E-state index in [2.05, 4.69) is 9.71 Å². The molecule has 0 aliphatic carbocycles. The summed E-state index contributed by atoms with van der Waals surface area (Å²) in [5, 5.41) is 8.71. The minimum Gasteiger partial charge on any atom is -0.476 e. The fraction of sp³-hybridized carbons (Fsp3) is 0.167. The molecule has 1 heterocycles. The van der Waals surface area contributed by atoms with Crippen molar-refractivity contribution in [2.45, 2.75) is 11.4 Å². The molecule has 0 bridgehead atoms. The molecule has 2 aromatic rings. The lowest BCUT2D eigenvalue weighted by Crippen LogP contribution is -2.27. The molecule has 0 atom stereocenters. The summed E-state index contributed by atoms with van der Waals surface area (Å²) in [6.07, 6.45) is 2.69. The maximum atomic E-state index is 11.9. The number of carboxylic acids is 1. The van der Waals surface area contributed by atoms with Crippen LogP contribution in [0.4, 0.5) is 0 Å². The number of carbonyl (C=O) groups is 1. The first kappa shape index (κ1) is 14.2. The molecule has 2 N–H and O–H groups in total. The van der Waals surface area contributed by atoms with Crippen molar-refractivity contribution in [2.24, 2.45) is 0 Å². The van der Waals surface area contributed by atoms with E-state index in [9.17, 15) is 13.2 Å². The maximum absolute atomic E-state index is 11.9. The van der Waals surface area contributed by atoms with Gasteiger partial charge in [0.25, 0.3) is 0 Å². The van der Waals surface area contributed by atoms with Crippen molar-refractivity contribution in [3.05, 3.63) is 48.5 Å². The number of hydrogen-bond acceptors (Lipinski definition) is 4. The average molecular weight is 295 g/mol. The van der Waals surface area contributed by atoms with Gasteiger partial charge in [-0.1, -0.05) is 18.2 Å². The normalized spacial score (nSPS) is 11.4. The van der Waals surface area contributed by atoms with Gasteiger partial charge in [-0.25, -0.2) is 22.9 Å². The van der Waals surface area contributed by atoms with Crippen LogP contribution < -0.4 is 4.72 Å². The van der Waals surface area contributed by atoms with Gasteiger partial charge in [0, 0.05) is 19.3 Å². The van der Waals surface area contributed by atoms with Gasteiger partial charge in [-0.05, 0) is 12.1 Å². The van der Waals surface area contributed by atoms with Gasteiger partial charge < -0.3 is 9.67 Å². The summed E-state index contributed by atoms with van der Waals surface area (Å²) >= 11 is 0. The number of nitrogens with zero attached hydrogens (tertiary/aromatic N) is 2. The van der Waals surface area contributed by atoms with Crippen LogP contribution in [0.2, 0.25) is 0 Å². The van der Waals surface area contributed by atoms with Crippen LogP contribution in [-0.4, -0.2) is 35.6 Å². The molecular weight excluding hydrogens is 282 g/mol. The van der Waals surface area contributed by atoms with Gasteiger partial charge in [-0.3, -0.25) is 0 Å². The van der Waals surface area contributed by atoms with Crippen LogP contribution in [0, 0.1) is 0 Å². The summed E-state index contributed by atoms with van der Waals surface area (Å²) < 4.78 is 27.8. The Hall–Kier alpha value is -2.19. The van der Waals surface area contributed by atoms with Crippen molar-refractivity contribution in [1.82, 2.24) is 14.3 Å². The van der Waals surface area contributed by atoms with Crippen molar-refractivity contribution in [1.29, 1.82) is 0 Å². The summed E-state index contributed by atoms with van der Waals surface area (Å²) in [5.74, 6) is -1.12. The van der Waals surface area contributed by atoms with Crippen LogP contribution in [0.25, 0.3) is 0 Å². The zero-order valence-electron chi connectivity index (χ0n) is 10.4. The molecule has 7 nitrogen and oxygen atoms in total. The number of carboxylic acid groups (broad SMARTS) is 1. The van der Waals surface area contributed by atoms with Crippen LogP contribution in [0.5, 0.6) is 0 Å². The standard InChI is InChI=1S/C12H13N3O4S/c16-12(17)11-8-15(9-13-11)7-6-14-20(18,19)10-4-2-1-3-5-10/h1-5,8-9,14H,6-7H2,(H,16,17). The van der Waals surface area contributed by atoms with E-state index >= 15 is 0 Å². The second-order valence-electron chi connectivity index (χ2n) is 4.01. The lowest BCUT2D eigenvalue weighted by molar-refractivity contribution is 0.0691. The third kappa shape index (κ3) is 3.43. The van der Waals surface area contributed by atoms with Crippen LogP contribution in [0.15, 0.2) is 47.8 Å². The second kappa shape index (κ2) is 5.85. The molecule has 0 amide bonds. The molecule has 1 aromatic heterocycles. The van der Waals surface area contributed by atoms with Gasteiger partial charge in [0.2, 0.25) is 10.0 Å². The third-order valence-electron chi connectivity index (χ3n) is 2.57. The molecule has 8 heteroatoms. The zero-order chi connectivity index (χ0) is 14.6. The van der Waals surface area contributed by atoms with Crippen LogP contribution in [-0.2, 0) is 16.6 Å². The Labute approximate surface area is 115 Å². The molecule has 0 aliphatic heterocycles. The van der Waals surface area contributed by atoms with Gasteiger partial charge in [-0.2, -0.15) is 0 Å². The minimum atomic E-state index is -3.54. The highest BCUT2D eigenvalue weighted by Crippen LogP contribution is 2.06. The second-order valence-corrected chi connectivity index (χ2v) is 5.78. The van der Waals surface area contributed by atoms with E-state index in [0.29, 0.717) is 6.54 Å². The van der Waals surface area contributed by atoms with E-state index in [4.69, 9.17) is 5.11 Å². The van der Waals surface area contributed by atoms with Gasteiger partial charge in [0.15, 0.2) is 5.69 Å². The maximum Gasteiger partial charge on any atom is 0.356 e.